The number of sulfonamides is 1. The van der Waals surface area contributed by atoms with Gasteiger partial charge in [0.2, 0.25) is 5.91 Å². The maximum atomic E-state index is 12.9. The maximum Gasteiger partial charge on any atom is 0.264 e. The fraction of sp³-hybridized carbons (Fsp3) is 0.190. The van der Waals surface area contributed by atoms with Crippen molar-refractivity contribution in [2.75, 3.05) is 23.2 Å². The summed E-state index contributed by atoms with van der Waals surface area (Å²) in [6.07, 6.45) is 1.58. The van der Waals surface area contributed by atoms with E-state index in [4.69, 9.17) is 4.42 Å². The molecule has 0 saturated heterocycles. The van der Waals surface area contributed by atoms with Crippen molar-refractivity contribution in [2.45, 2.75) is 17.9 Å². The third-order valence-electron chi connectivity index (χ3n) is 4.43. The fourth-order valence-corrected chi connectivity index (χ4v) is 4.00. The molecule has 3 rings (SSSR count). The SMILES string of the molecule is C[C@@H](NCC(=O)Nc1cccc(S(=O)(=O)N(C)c2ccccc2)c1)c1ccco1. The van der Waals surface area contributed by atoms with Gasteiger partial charge in [-0.1, -0.05) is 24.3 Å². The molecule has 8 heteroatoms. The van der Waals surface area contributed by atoms with Gasteiger partial charge >= 0.3 is 0 Å². The van der Waals surface area contributed by atoms with E-state index < -0.39 is 10.0 Å². The van der Waals surface area contributed by atoms with Gasteiger partial charge < -0.3 is 9.73 Å². The van der Waals surface area contributed by atoms with Gasteiger partial charge in [0.1, 0.15) is 5.76 Å². The van der Waals surface area contributed by atoms with Crippen molar-refractivity contribution in [3.8, 4) is 0 Å². The highest BCUT2D eigenvalue weighted by Gasteiger charge is 2.21. The predicted octanol–water partition coefficient (Wildman–Crippen LogP) is 3.39. The number of benzene rings is 2. The first-order chi connectivity index (χ1) is 13.9. The summed E-state index contributed by atoms with van der Waals surface area (Å²) in [5.74, 6) is 0.448. The molecule has 1 aromatic heterocycles. The van der Waals surface area contributed by atoms with Crippen LogP contribution < -0.4 is 14.9 Å². The van der Waals surface area contributed by atoms with Crippen molar-refractivity contribution >= 4 is 27.3 Å². The molecule has 0 fully saturated rings. The van der Waals surface area contributed by atoms with Gasteiger partial charge in [0.25, 0.3) is 10.0 Å². The molecule has 2 N–H and O–H groups in total. The number of carbonyl (C=O) groups excluding carboxylic acids is 1. The molecule has 7 nitrogen and oxygen atoms in total. The van der Waals surface area contributed by atoms with E-state index in [0.29, 0.717) is 11.4 Å². The molecule has 1 amide bonds. The molecule has 0 radical (unpaired) electrons. The Morgan fingerprint density at radius 3 is 2.52 bits per heavy atom. The van der Waals surface area contributed by atoms with E-state index in [1.165, 1.54) is 23.5 Å². The number of para-hydroxylation sites is 1. The molecular weight excluding hydrogens is 390 g/mol. The molecule has 0 aliphatic rings. The highest BCUT2D eigenvalue weighted by atomic mass is 32.2. The zero-order valence-electron chi connectivity index (χ0n) is 16.2. The molecule has 152 valence electrons. The van der Waals surface area contributed by atoms with Gasteiger partial charge in [-0.15, -0.1) is 0 Å². The number of nitrogens with one attached hydrogen (secondary N) is 2. The van der Waals surface area contributed by atoms with Crippen LogP contribution in [0.15, 0.2) is 82.3 Å². The molecule has 1 atom stereocenters. The number of amides is 1. The minimum atomic E-state index is -3.75. The largest absolute Gasteiger partial charge is 0.468 e. The number of hydrogen-bond donors (Lipinski definition) is 2. The van der Waals surface area contributed by atoms with E-state index in [0.717, 1.165) is 5.76 Å². The van der Waals surface area contributed by atoms with Crippen LogP contribution in [0.2, 0.25) is 0 Å². The van der Waals surface area contributed by atoms with Gasteiger partial charge in [-0.25, -0.2) is 8.42 Å². The van der Waals surface area contributed by atoms with Crippen LogP contribution in [0, 0.1) is 0 Å². The smallest absolute Gasteiger partial charge is 0.264 e. The van der Waals surface area contributed by atoms with Crippen LogP contribution in [0.4, 0.5) is 11.4 Å². The molecule has 3 aromatic rings. The molecular formula is C21H23N3O4S. The third kappa shape index (κ3) is 5.04. The van der Waals surface area contributed by atoms with E-state index in [2.05, 4.69) is 10.6 Å². The fourth-order valence-electron chi connectivity index (χ4n) is 2.76. The minimum Gasteiger partial charge on any atom is -0.468 e. The first-order valence-corrected chi connectivity index (χ1v) is 10.5. The van der Waals surface area contributed by atoms with Crippen LogP contribution in [-0.4, -0.2) is 27.9 Å². The summed E-state index contributed by atoms with van der Waals surface area (Å²) in [6.45, 7) is 1.95. The first-order valence-electron chi connectivity index (χ1n) is 9.08. The van der Waals surface area contributed by atoms with Gasteiger partial charge in [0, 0.05) is 12.7 Å². The summed E-state index contributed by atoms with van der Waals surface area (Å²) in [6, 6.07) is 18.5. The van der Waals surface area contributed by atoms with Gasteiger partial charge in [0.15, 0.2) is 0 Å². The second-order valence-corrected chi connectivity index (χ2v) is 8.47. The monoisotopic (exact) mass is 413 g/mol. The standard InChI is InChI=1S/C21H23N3O4S/c1-16(20-12-7-13-28-20)22-15-21(25)23-17-8-6-11-19(14-17)29(26,27)24(2)18-9-4-3-5-10-18/h3-14,16,22H,15H2,1-2H3,(H,23,25)/t16-/m1/s1. The Balaban J connectivity index is 1.66. The van der Waals surface area contributed by atoms with Crippen molar-refractivity contribution in [2.24, 2.45) is 0 Å². The van der Waals surface area contributed by atoms with Crippen molar-refractivity contribution in [1.82, 2.24) is 5.32 Å². The predicted molar refractivity (Wildman–Crippen MR) is 112 cm³/mol. The molecule has 2 aromatic carbocycles. The molecule has 0 aliphatic carbocycles. The lowest BCUT2D eigenvalue weighted by molar-refractivity contribution is -0.115. The zero-order valence-corrected chi connectivity index (χ0v) is 17.0. The quantitative estimate of drug-likeness (QED) is 0.591. The minimum absolute atomic E-state index is 0.0583. The Morgan fingerprint density at radius 2 is 1.83 bits per heavy atom. The number of rotatable bonds is 8. The first kappa shape index (κ1) is 20.6. The summed E-state index contributed by atoms with van der Waals surface area (Å²) in [4.78, 5) is 12.3. The van der Waals surface area contributed by atoms with Gasteiger partial charge in [-0.3, -0.25) is 14.4 Å². The Morgan fingerprint density at radius 1 is 1.07 bits per heavy atom. The van der Waals surface area contributed by atoms with E-state index in [1.807, 2.05) is 19.1 Å². The average Bonchev–Trinajstić information content (AvgIpc) is 3.27. The summed E-state index contributed by atoms with van der Waals surface area (Å²) >= 11 is 0. The lowest BCUT2D eigenvalue weighted by atomic mass is 10.2. The van der Waals surface area contributed by atoms with E-state index in [-0.39, 0.29) is 23.4 Å². The van der Waals surface area contributed by atoms with Gasteiger partial charge in [0.05, 0.1) is 29.4 Å². The number of nitrogens with zero attached hydrogens (tertiary/aromatic N) is 1. The molecule has 0 spiro atoms. The highest BCUT2D eigenvalue weighted by Crippen LogP contribution is 2.23. The number of anilines is 2. The van der Waals surface area contributed by atoms with Crippen molar-refractivity contribution in [3.05, 3.63) is 78.8 Å². The summed E-state index contributed by atoms with van der Waals surface area (Å²) in [5, 5.41) is 5.78. The molecule has 0 saturated carbocycles. The van der Waals surface area contributed by atoms with Crippen LogP contribution in [-0.2, 0) is 14.8 Å². The Labute approximate surface area is 170 Å². The summed E-state index contributed by atoms with van der Waals surface area (Å²) in [7, 11) is -2.26. The molecule has 29 heavy (non-hydrogen) atoms. The van der Waals surface area contributed by atoms with Gasteiger partial charge in [-0.2, -0.15) is 0 Å². The van der Waals surface area contributed by atoms with E-state index >= 15 is 0 Å². The zero-order chi connectivity index (χ0) is 20.9. The lowest BCUT2D eigenvalue weighted by Gasteiger charge is -2.20. The van der Waals surface area contributed by atoms with Crippen molar-refractivity contribution in [1.29, 1.82) is 0 Å². The molecule has 0 unspecified atom stereocenters. The number of hydrogen-bond acceptors (Lipinski definition) is 5. The van der Waals surface area contributed by atoms with Crippen LogP contribution in [0.5, 0.6) is 0 Å². The number of furan rings is 1. The Bertz CT molecular complexity index is 1050. The van der Waals surface area contributed by atoms with Crippen LogP contribution in [0.1, 0.15) is 18.7 Å². The average molecular weight is 413 g/mol. The van der Waals surface area contributed by atoms with Crippen molar-refractivity contribution < 1.29 is 17.6 Å². The van der Waals surface area contributed by atoms with Crippen LogP contribution in [0.25, 0.3) is 0 Å². The second kappa shape index (κ2) is 8.93. The Kier molecular flexibility index (Phi) is 6.36. The summed E-state index contributed by atoms with van der Waals surface area (Å²) in [5.41, 5.74) is 0.961. The summed E-state index contributed by atoms with van der Waals surface area (Å²) < 4.78 is 32.3. The van der Waals surface area contributed by atoms with E-state index in [9.17, 15) is 13.2 Å². The highest BCUT2D eigenvalue weighted by molar-refractivity contribution is 7.92. The molecule has 0 bridgehead atoms. The number of carbonyl (C=O) groups is 1. The lowest BCUT2D eigenvalue weighted by Crippen LogP contribution is -2.30. The van der Waals surface area contributed by atoms with Gasteiger partial charge in [-0.05, 0) is 49.4 Å². The topological polar surface area (TPSA) is 91.7 Å². The van der Waals surface area contributed by atoms with Crippen molar-refractivity contribution in [3.63, 3.8) is 0 Å². The Hall–Kier alpha value is -3.10. The third-order valence-corrected chi connectivity index (χ3v) is 6.22. The molecule has 0 aliphatic heterocycles. The second-order valence-electron chi connectivity index (χ2n) is 6.50. The van der Waals surface area contributed by atoms with Crippen LogP contribution >= 0.6 is 0 Å². The normalized spacial score (nSPS) is 12.3. The maximum absolute atomic E-state index is 12.9. The van der Waals surface area contributed by atoms with Crippen LogP contribution in [0.3, 0.4) is 0 Å². The molecule has 1 heterocycles. The van der Waals surface area contributed by atoms with E-state index in [1.54, 1.807) is 48.7 Å².